The minimum atomic E-state index is 0.0597. The van der Waals surface area contributed by atoms with Gasteiger partial charge in [0.25, 0.3) is 0 Å². The molecule has 0 saturated carbocycles. The SMILES string of the molecule is Cc1cc(N2CCCc3ncccc32)nc(C)c1NC(=O)CC(C)C(C)C. The van der Waals surface area contributed by atoms with E-state index in [0.29, 0.717) is 18.3 Å². The molecule has 5 heteroatoms. The molecule has 3 heterocycles. The van der Waals surface area contributed by atoms with E-state index in [1.165, 1.54) is 0 Å². The number of carbonyl (C=O) groups excluding carboxylic acids is 1. The number of fused-ring (bicyclic) bond motifs is 1. The van der Waals surface area contributed by atoms with Crippen molar-refractivity contribution >= 4 is 23.1 Å². The topological polar surface area (TPSA) is 58.1 Å². The lowest BCUT2D eigenvalue weighted by atomic mass is 9.94. The summed E-state index contributed by atoms with van der Waals surface area (Å²) in [5, 5.41) is 3.08. The maximum atomic E-state index is 12.4. The monoisotopic (exact) mass is 366 g/mol. The fourth-order valence-corrected chi connectivity index (χ4v) is 3.49. The van der Waals surface area contributed by atoms with E-state index in [1.54, 1.807) is 0 Å². The van der Waals surface area contributed by atoms with Crippen LogP contribution in [0.2, 0.25) is 0 Å². The number of nitrogens with one attached hydrogen (secondary N) is 1. The third-order valence-electron chi connectivity index (χ3n) is 5.52. The van der Waals surface area contributed by atoms with E-state index >= 15 is 0 Å². The molecule has 2 aromatic rings. The third-order valence-corrected chi connectivity index (χ3v) is 5.52. The molecule has 1 unspecified atom stereocenters. The molecule has 0 aliphatic carbocycles. The van der Waals surface area contributed by atoms with Crippen molar-refractivity contribution in [1.29, 1.82) is 0 Å². The first-order chi connectivity index (χ1) is 12.9. The Balaban J connectivity index is 1.83. The Labute approximate surface area is 162 Å². The van der Waals surface area contributed by atoms with Crippen LogP contribution in [0.5, 0.6) is 0 Å². The first-order valence-corrected chi connectivity index (χ1v) is 9.86. The second kappa shape index (κ2) is 8.07. The third kappa shape index (κ3) is 4.29. The van der Waals surface area contributed by atoms with Crippen molar-refractivity contribution in [3.63, 3.8) is 0 Å². The highest BCUT2D eigenvalue weighted by Crippen LogP contribution is 2.33. The molecule has 144 valence electrons. The van der Waals surface area contributed by atoms with Gasteiger partial charge in [-0.2, -0.15) is 0 Å². The van der Waals surface area contributed by atoms with Crippen molar-refractivity contribution in [1.82, 2.24) is 9.97 Å². The number of rotatable bonds is 5. The molecule has 1 atom stereocenters. The summed E-state index contributed by atoms with van der Waals surface area (Å²) in [6.45, 7) is 11.3. The van der Waals surface area contributed by atoms with Crippen LogP contribution in [0.15, 0.2) is 24.4 Å². The number of pyridine rings is 2. The smallest absolute Gasteiger partial charge is 0.224 e. The van der Waals surface area contributed by atoms with E-state index < -0.39 is 0 Å². The normalized spacial score (nSPS) is 14.8. The summed E-state index contributed by atoms with van der Waals surface area (Å²) in [4.78, 5) is 24.0. The molecule has 1 N–H and O–H groups in total. The van der Waals surface area contributed by atoms with Crippen molar-refractivity contribution in [2.45, 2.75) is 53.9 Å². The molecule has 0 spiro atoms. The maximum absolute atomic E-state index is 12.4. The Bertz CT molecular complexity index is 808. The Morgan fingerprint density at radius 3 is 2.78 bits per heavy atom. The second-order valence-corrected chi connectivity index (χ2v) is 7.96. The van der Waals surface area contributed by atoms with Crippen LogP contribution in [-0.2, 0) is 11.2 Å². The Kier molecular flexibility index (Phi) is 5.78. The molecule has 27 heavy (non-hydrogen) atoms. The van der Waals surface area contributed by atoms with Crippen LogP contribution >= 0.6 is 0 Å². The van der Waals surface area contributed by atoms with Gasteiger partial charge in [-0.05, 0) is 62.3 Å². The lowest BCUT2D eigenvalue weighted by molar-refractivity contribution is -0.117. The van der Waals surface area contributed by atoms with Crippen LogP contribution in [0.25, 0.3) is 0 Å². The number of hydrogen-bond donors (Lipinski definition) is 1. The Morgan fingerprint density at radius 1 is 1.30 bits per heavy atom. The average molecular weight is 367 g/mol. The average Bonchev–Trinajstić information content (AvgIpc) is 2.64. The van der Waals surface area contributed by atoms with E-state index in [4.69, 9.17) is 4.98 Å². The Morgan fingerprint density at radius 2 is 2.07 bits per heavy atom. The van der Waals surface area contributed by atoms with Crippen LogP contribution in [0, 0.1) is 25.7 Å². The van der Waals surface area contributed by atoms with Gasteiger partial charge in [0.05, 0.1) is 22.8 Å². The van der Waals surface area contributed by atoms with E-state index in [2.05, 4.69) is 48.1 Å². The van der Waals surface area contributed by atoms with Gasteiger partial charge < -0.3 is 10.2 Å². The molecule has 0 radical (unpaired) electrons. The molecule has 1 aliphatic heterocycles. The molecular weight excluding hydrogens is 336 g/mol. The molecule has 0 aromatic carbocycles. The summed E-state index contributed by atoms with van der Waals surface area (Å²) >= 11 is 0. The van der Waals surface area contributed by atoms with E-state index in [0.717, 1.165) is 53.5 Å². The molecule has 0 saturated heterocycles. The summed E-state index contributed by atoms with van der Waals surface area (Å²) in [5.41, 5.74) is 4.99. The van der Waals surface area contributed by atoms with Gasteiger partial charge in [0.2, 0.25) is 5.91 Å². The molecule has 1 amide bonds. The number of carbonyl (C=O) groups is 1. The largest absolute Gasteiger partial charge is 0.325 e. The van der Waals surface area contributed by atoms with E-state index in [9.17, 15) is 4.79 Å². The molecule has 5 nitrogen and oxygen atoms in total. The highest BCUT2D eigenvalue weighted by atomic mass is 16.1. The summed E-state index contributed by atoms with van der Waals surface area (Å²) in [5.74, 6) is 1.83. The highest BCUT2D eigenvalue weighted by Gasteiger charge is 2.22. The predicted octanol–water partition coefficient (Wildman–Crippen LogP) is 4.80. The zero-order chi connectivity index (χ0) is 19.6. The van der Waals surface area contributed by atoms with Crippen LogP contribution in [0.3, 0.4) is 0 Å². The maximum Gasteiger partial charge on any atom is 0.224 e. The van der Waals surface area contributed by atoms with Gasteiger partial charge in [0.15, 0.2) is 0 Å². The first kappa shape index (κ1) is 19.3. The number of hydrogen-bond acceptors (Lipinski definition) is 4. The zero-order valence-corrected chi connectivity index (χ0v) is 17.0. The van der Waals surface area contributed by atoms with E-state index in [-0.39, 0.29) is 5.91 Å². The van der Waals surface area contributed by atoms with Crippen LogP contribution in [-0.4, -0.2) is 22.4 Å². The number of anilines is 3. The van der Waals surface area contributed by atoms with Gasteiger partial charge in [0.1, 0.15) is 5.82 Å². The standard InChI is InChI=1S/C22H30N4O/c1-14(2)15(3)13-21(27)25-22-16(4)12-20(24-17(22)5)26-11-7-8-18-19(26)9-6-10-23-18/h6,9-10,12,14-15H,7-8,11,13H2,1-5H3,(H,25,27). The lowest BCUT2D eigenvalue weighted by Crippen LogP contribution is -2.26. The Hall–Kier alpha value is -2.43. The van der Waals surface area contributed by atoms with Crippen LogP contribution < -0.4 is 10.2 Å². The summed E-state index contributed by atoms with van der Waals surface area (Å²) < 4.78 is 0. The molecule has 1 aliphatic rings. The van der Waals surface area contributed by atoms with Crippen molar-refractivity contribution in [2.75, 3.05) is 16.8 Å². The second-order valence-electron chi connectivity index (χ2n) is 7.96. The van der Waals surface area contributed by atoms with Gasteiger partial charge >= 0.3 is 0 Å². The summed E-state index contributed by atoms with van der Waals surface area (Å²) in [6.07, 6.45) is 4.45. The molecular formula is C22H30N4O. The van der Waals surface area contributed by atoms with Gasteiger partial charge in [-0.15, -0.1) is 0 Å². The number of aryl methyl sites for hydroxylation is 3. The summed E-state index contributed by atoms with van der Waals surface area (Å²) in [6, 6.07) is 6.15. The molecule has 0 bridgehead atoms. The number of nitrogens with zero attached hydrogens (tertiary/aromatic N) is 3. The van der Waals surface area contributed by atoms with Gasteiger partial charge in [0, 0.05) is 19.2 Å². The number of aromatic nitrogens is 2. The summed E-state index contributed by atoms with van der Waals surface area (Å²) in [7, 11) is 0. The quantitative estimate of drug-likeness (QED) is 0.826. The van der Waals surface area contributed by atoms with Crippen LogP contribution in [0.1, 0.15) is 50.6 Å². The minimum Gasteiger partial charge on any atom is -0.325 e. The van der Waals surface area contributed by atoms with Crippen LogP contribution in [0.4, 0.5) is 17.2 Å². The van der Waals surface area contributed by atoms with Gasteiger partial charge in [-0.1, -0.05) is 20.8 Å². The molecule has 2 aromatic heterocycles. The molecule has 0 fully saturated rings. The van der Waals surface area contributed by atoms with Crippen molar-refractivity contribution in [3.8, 4) is 0 Å². The highest BCUT2D eigenvalue weighted by molar-refractivity contribution is 5.92. The lowest BCUT2D eigenvalue weighted by Gasteiger charge is -2.30. The van der Waals surface area contributed by atoms with Crippen molar-refractivity contribution in [3.05, 3.63) is 41.3 Å². The van der Waals surface area contributed by atoms with Crippen molar-refractivity contribution in [2.24, 2.45) is 11.8 Å². The predicted molar refractivity (Wildman–Crippen MR) is 111 cm³/mol. The van der Waals surface area contributed by atoms with Gasteiger partial charge in [-0.3, -0.25) is 9.78 Å². The van der Waals surface area contributed by atoms with E-state index in [1.807, 2.05) is 26.1 Å². The van der Waals surface area contributed by atoms with Gasteiger partial charge in [-0.25, -0.2) is 4.98 Å². The first-order valence-electron chi connectivity index (χ1n) is 9.86. The fraction of sp³-hybridized carbons (Fsp3) is 0.500. The molecule has 3 rings (SSSR count). The fourth-order valence-electron chi connectivity index (χ4n) is 3.49. The zero-order valence-electron chi connectivity index (χ0n) is 17.0. The van der Waals surface area contributed by atoms with Crippen molar-refractivity contribution < 1.29 is 4.79 Å². The number of amides is 1. The minimum absolute atomic E-state index is 0.0597.